The summed E-state index contributed by atoms with van der Waals surface area (Å²) in [7, 11) is 0. The first-order valence-electron chi connectivity index (χ1n) is 7.56. The Hall–Kier alpha value is -0.180. The van der Waals surface area contributed by atoms with Crippen LogP contribution in [0.1, 0.15) is 32.6 Å². The maximum absolute atomic E-state index is 11.5. The first-order chi connectivity index (χ1) is 9.77. The monoisotopic (exact) mass is 428 g/mol. The number of halogens is 1. The molecule has 7 heteroatoms. The van der Waals surface area contributed by atoms with Crippen LogP contribution >= 0.6 is 35.7 Å². The van der Waals surface area contributed by atoms with E-state index >= 15 is 0 Å². The third-order valence-corrected chi connectivity index (χ3v) is 3.73. The molecule has 1 amide bonds. The number of aliphatic imine (C=N–C) groups is 1. The fraction of sp³-hybridized carbons (Fsp3) is 0.857. The molecule has 1 fully saturated rings. The van der Waals surface area contributed by atoms with Crippen LogP contribution in [-0.4, -0.2) is 50.1 Å². The zero-order chi connectivity index (χ0) is 14.6. The maximum Gasteiger partial charge on any atom is 0.223 e. The van der Waals surface area contributed by atoms with E-state index < -0.39 is 0 Å². The van der Waals surface area contributed by atoms with E-state index in [-0.39, 0.29) is 35.8 Å². The van der Waals surface area contributed by atoms with E-state index in [1.54, 1.807) is 0 Å². The molecule has 0 aromatic carbocycles. The topological polar surface area (TPSA) is 65.5 Å². The Labute approximate surface area is 149 Å². The number of unbranched alkanes of at least 4 members (excludes halogenated alkanes) is 1. The molecule has 0 heterocycles. The van der Waals surface area contributed by atoms with Gasteiger partial charge in [-0.05, 0) is 44.6 Å². The second kappa shape index (κ2) is 13.5. The lowest BCUT2D eigenvalue weighted by Crippen LogP contribution is -2.41. The third kappa shape index (κ3) is 11.1. The Kier molecular flexibility index (Phi) is 13.4. The van der Waals surface area contributed by atoms with Gasteiger partial charge in [0, 0.05) is 32.1 Å². The molecule has 0 bridgehead atoms. The summed E-state index contributed by atoms with van der Waals surface area (Å²) in [5.74, 6) is 2.53. The second-order valence-electron chi connectivity index (χ2n) is 4.95. The molecule has 0 radical (unpaired) electrons. The highest BCUT2D eigenvalue weighted by molar-refractivity contribution is 14.0. The number of nitrogens with zero attached hydrogens (tertiary/aromatic N) is 1. The summed E-state index contributed by atoms with van der Waals surface area (Å²) in [6.07, 6.45) is 6.57. The molecule has 1 aliphatic rings. The molecule has 3 N–H and O–H groups in total. The minimum atomic E-state index is 0. The first kappa shape index (κ1) is 20.8. The van der Waals surface area contributed by atoms with Gasteiger partial charge in [0.15, 0.2) is 5.96 Å². The van der Waals surface area contributed by atoms with Crippen molar-refractivity contribution >= 4 is 47.6 Å². The Balaban J connectivity index is 0.00000400. The summed E-state index contributed by atoms with van der Waals surface area (Å²) in [4.78, 5) is 16.0. The molecule has 0 spiro atoms. The Morgan fingerprint density at radius 1 is 1.19 bits per heavy atom. The van der Waals surface area contributed by atoms with Crippen molar-refractivity contribution in [1.29, 1.82) is 0 Å². The predicted octanol–water partition coefficient (Wildman–Crippen LogP) is 1.83. The van der Waals surface area contributed by atoms with Gasteiger partial charge in [0.25, 0.3) is 0 Å². The van der Waals surface area contributed by atoms with Crippen LogP contribution < -0.4 is 16.0 Å². The lowest BCUT2D eigenvalue weighted by atomic mass is 10.3. The molecule has 124 valence electrons. The highest BCUT2D eigenvalue weighted by Gasteiger charge is 2.28. The number of nitrogens with one attached hydrogen (secondary N) is 3. The maximum atomic E-state index is 11.5. The van der Waals surface area contributed by atoms with Crippen molar-refractivity contribution in [2.75, 3.05) is 38.2 Å². The van der Waals surface area contributed by atoms with Crippen LogP contribution in [0.5, 0.6) is 0 Å². The van der Waals surface area contributed by atoms with Gasteiger partial charge in [0.1, 0.15) is 0 Å². The lowest BCUT2D eigenvalue weighted by Gasteiger charge is -2.11. The van der Waals surface area contributed by atoms with Gasteiger partial charge < -0.3 is 16.0 Å². The number of guanidine groups is 1. The van der Waals surface area contributed by atoms with Crippen LogP contribution in [0.2, 0.25) is 0 Å². The molecule has 0 aliphatic heterocycles. The number of thioether (sulfide) groups is 1. The van der Waals surface area contributed by atoms with Crippen molar-refractivity contribution in [2.45, 2.75) is 32.6 Å². The average molecular weight is 428 g/mol. The summed E-state index contributed by atoms with van der Waals surface area (Å²) < 4.78 is 0. The van der Waals surface area contributed by atoms with Gasteiger partial charge in [-0.2, -0.15) is 11.8 Å². The van der Waals surface area contributed by atoms with Crippen molar-refractivity contribution in [3.63, 3.8) is 0 Å². The number of hydrogen-bond acceptors (Lipinski definition) is 3. The van der Waals surface area contributed by atoms with Crippen LogP contribution in [-0.2, 0) is 4.79 Å². The molecule has 0 saturated heterocycles. The summed E-state index contributed by atoms with van der Waals surface area (Å²) in [5, 5.41) is 9.40. The zero-order valence-corrected chi connectivity index (χ0v) is 16.3. The third-order valence-electron chi connectivity index (χ3n) is 3.04. The SMILES string of the molecule is CCNC(=NCCCCSC)NCCNC(=O)C1CC1.I. The van der Waals surface area contributed by atoms with Crippen LogP contribution in [0.25, 0.3) is 0 Å². The van der Waals surface area contributed by atoms with E-state index in [1.165, 1.54) is 12.2 Å². The minimum absolute atomic E-state index is 0. The number of rotatable bonds is 10. The lowest BCUT2D eigenvalue weighted by molar-refractivity contribution is -0.122. The zero-order valence-electron chi connectivity index (χ0n) is 13.1. The molecule has 1 aliphatic carbocycles. The minimum Gasteiger partial charge on any atom is -0.357 e. The van der Waals surface area contributed by atoms with Gasteiger partial charge in [0.2, 0.25) is 5.91 Å². The van der Waals surface area contributed by atoms with Gasteiger partial charge in [0.05, 0.1) is 0 Å². The summed E-state index contributed by atoms with van der Waals surface area (Å²) >= 11 is 1.88. The van der Waals surface area contributed by atoms with Gasteiger partial charge in [-0.3, -0.25) is 9.79 Å². The van der Waals surface area contributed by atoms with Crippen LogP contribution in [0.15, 0.2) is 4.99 Å². The highest BCUT2D eigenvalue weighted by Crippen LogP contribution is 2.28. The summed E-state index contributed by atoms with van der Waals surface area (Å²) in [6, 6.07) is 0. The van der Waals surface area contributed by atoms with Gasteiger partial charge in [-0.15, -0.1) is 24.0 Å². The van der Waals surface area contributed by atoms with Crippen molar-refractivity contribution in [2.24, 2.45) is 10.9 Å². The average Bonchev–Trinajstić information content (AvgIpc) is 3.27. The quantitative estimate of drug-likeness (QED) is 0.215. The van der Waals surface area contributed by atoms with Crippen LogP contribution in [0, 0.1) is 5.92 Å². The number of hydrogen-bond donors (Lipinski definition) is 3. The van der Waals surface area contributed by atoms with E-state index in [4.69, 9.17) is 0 Å². The van der Waals surface area contributed by atoms with E-state index in [2.05, 4.69) is 34.1 Å². The van der Waals surface area contributed by atoms with Crippen molar-refractivity contribution in [3.8, 4) is 0 Å². The second-order valence-corrected chi connectivity index (χ2v) is 5.94. The summed E-state index contributed by atoms with van der Waals surface area (Å²) in [5.41, 5.74) is 0. The standard InChI is InChI=1S/C14H28N4OS.HI/c1-3-15-14(17-8-4-5-11-20-2)18-10-9-16-13(19)12-6-7-12;/h12H,3-11H2,1-2H3,(H,16,19)(H2,15,17,18);1H. The number of carbonyl (C=O) groups is 1. The van der Waals surface area contributed by atoms with Crippen molar-refractivity contribution < 1.29 is 4.79 Å². The number of carbonyl (C=O) groups excluding carboxylic acids is 1. The van der Waals surface area contributed by atoms with Crippen molar-refractivity contribution in [3.05, 3.63) is 0 Å². The highest BCUT2D eigenvalue weighted by atomic mass is 127. The molecular formula is C14H29IN4OS. The van der Waals surface area contributed by atoms with E-state index in [1.807, 2.05) is 11.8 Å². The van der Waals surface area contributed by atoms with E-state index in [9.17, 15) is 4.79 Å². The smallest absolute Gasteiger partial charge is 0.223 e. The largest absolute Gasteiger partial charge is 0.357 e. The summed E-state index contributed by atoms with van der Waals surface area (Å²) in [6.45, 7) is 5.14. The van der Waals surface area contributed by atoms with Crippen LogP contribution in [0.3, 0.4) is 0 Å². The van der Waals surface area contributed by atoms with Gasteiger partial charge in [-0.1, -0.05) is 0 Å². The normalized spacial score (nSPS) is 14.3. The van der Waals surface area contributed by atoms with Gasteiger partial charge in [-0.25, -0.2) is 0 Å². The Bertz CT molecular complexity index is 311. The molecular weight excluding hydrogens is 399 g/mol. The first-order valence-corrected chi connectivity index (χ1v) is 8.96. The fourth-order valence-electron chi connectivity index (χ4n) is 1.75. The molecule has 21 heavy (non-hydrogen) atoms. The molecule has 0 unspecified atom stereocenters. The Morgan fingerprint density at radius 3 is 2.52 bits per heavy atom. The molecule has 1 saturated carbocycles. The van der Waals surface area contributed by atoms with Crippen molar-refractivity contribution in [1.82, 2.24) is 16.0 Å². The molecule has 5 nitrogen and oxygen atoms in total. The van der Waals surface area contributed by atoms with E-state index in [0.29, 0.717) is 6.54 Å². The molecule has 1 rings (SSSR count). The number of amides is 1. The fourth-order valence-corrected chi connectivity index (χ4v) is 2.24. The Morgan fingerprint density at radius 2 is 1.90 bits per heavy atom. The molecule has 0 aromatic heterocycles. The van der Waals surface area contributed by atoms with Crippen LogP contribution in [0.4, 0.5) is 0 Å². The van der Waals surface area contributed by atoms with E-state index in [0.717, 1.165) is 44.9 Å². The van der Waals surface area contributed by atoms with Gasteiger partial charge >= 0.3 is 0 Å². The molecule has 0 aromatic rings. The molecule has 0 atom stereocenters. The predicted molar refractivity (Wildman–Crippen MR) is 103 cm³/mol.